The summed E-state index contributed by atoms with van der Waals surface area (Å²) in [5.74, 6) is -2.08. The third kappa shape index (κ3) is 3.64. The van der Waals surface area contributed by atoms with Crippen LogP contribution in [0.1, 0.15) is 46.6 Å². The zero-order valence-electron chi connectivity index (χ0n) is 25.9. The molecular weight excluding hydrogens is 606 g/mol. The molecule has 0 aliphatic carbocycles. The normalized spacial score (nSPS) is 23.0. The number of carbonyl (C=O) groups is 4. The fraction of sp³-hybridized carbons (Fsp3) is 0.257. The van der Waals surface area contributed by atoms with Crippen LogP contribution in [0, 0.1) is 0 Å². The molecule has 2 bridgehead atoms. The van der Waals surface area contributed by atoms with Crippen LogP contribution in [0.15, 0.2) is 48.6 Å². The molecule has 3 aliphatic rings. The Morgan fingerprint density at radius 1 is 0.915 bits per heavy atom. The minimum absolute atomic E-state index is 0.122. The molecule has 0 spiro atoms. The second kappa shape index (κ2) is 9.77. The number of aromatic nitrogens is 2. The van der Waals surface area contributed by atoms with Crippen molar-refractivity contribution in [1.82, 2.24) is 14.5 Å². The summed E-state index contributed by atoms with van der Waals surface area (Å²) in [6.45, 7) is 1.93. The van der Waals surface area contributed by atoms with Gasteiger partial charge in [0.2, 0.25) is 5.60 Å². The van der Waals surface area contributed by atoms with Gasteiger partial charge < -0.3 is 38.5 Å². The largest absolute Gasteiger partial charge is 0.467 e. The molecule has 3 aromatic carbocycles. The van der Waals surface area contributed by atoms with Crippen molar-refractivity contribution in [3.05, 3.63) is 70.8 Å². The Balaban J connectivity index is 1.57. The highest BCUT2D eigenvalue weighted by atomic mass is 16.6. The van der Waals surface area contributed by atoms with Gasteiger partial charge in [-0.05, 0) is 60.0 Å². The van der Waals surface area contributed by atoms with Crippen LogP contribution in [0.4, 0.5) is 0 Å². The lowest BCUT2D eigenvalue weighted by molar-refractivity contribution is -0.202. The first kappa shape index (κ1) is 29.0. The molecule has 5 heterocycles. The first-order chi connectivity index (χ1) is 22.6. The molecule has 238 valence electrons. The van der Waals surface area contributed by atoms with Crippen LogP contribution in [-0.4, -0.2) is 65.0 Å². The van der Waals surface area contributed by atoms with Gasteiger partial charge >= 0.3 is 17.9 Å². The number of fused-ring (bicyclic) bond motifs is 13. The zero-order chi connectivity index (χ0) is 33.0. The van der Waals surface area contributed by atoms with E-state index in [4.69, 9.17) is 18.9 Å². The number of carbonyl (C=O) groups excluding carboxylic acids is 4. The van der Waals surface area contributed by atoms with Gasteiger partial charge in [-0.15, -0.1) is 0 Å². The highest BCUT2D eigenvalue weighted by Gasteiger charge is 2.65. The summed E-state index contributed by atoms with van der Waals surface area (Å²) in [5, 5.41) is 18.2. The van der Waals surface area contributed by atoms with Gasteiger partial charge in [-0.2, -0.15) is 0 Å². The van der Waals surface area contributed by atoms with Crippen LogP contribution in [0.3, 0.4) is 0 Å². The SMILES string of the molecule is COC(=O)/C=C/c1ccc2c(c1)c1c3c(c4c5cc(/C=C/C(=O)OC)ccc5n5c4c1n2C1CC(O)(C(=O)OC)C5(C)O1)CNC3=O. The highest BCUT2D eigenvalue weighted by Crippen LogP contribution is 2.58. The van der Waals surface area contributed by atoms with Crippen molar-refractivity contribution in [3.8, 4) is 0 Å². The number of rotatable bonds is 5. The number of methoxy groups -OCH3 is 3. The van der Waals surface area contributed by atoms with Crippen molar-refractivity contribution in [2.45, 2.75) is 37.4 Å². The molecule has 3 atom stereocenters. The molecule has 3 aliphatic heterocycles. The van der Waals surface area contributed by atoms with Gasteiger partial charge in [-0.1, -0.05) is 12.1 Å². The van der Waals surface area contributed by atoms with E-state index >= 15 is 0 Å². The van der Waals surface area contributed by atoms with Gasteiger partial charge in [0.25, 0.3) is 5.91 Å². The van der Waals surface area contributed by atoms with Gasteiger partial charge in [0.15, 0.2) is 5.72 Å². The maximum absolute atomic E-state index is 13.7. The van der Waals surface area contributed by atoms with E-state index in [1.165, 1.54) is 33.5 Å². The smallest absolute Gasteiger partial charge is 0.343 e. The summed E-state index contributed by atoms with van der Waals surface area (Å²) in [6, 6.07) is 11.2. The van der Waals surface area contributed by atoms with Gasteiger partial charge in [0.05, 0.1) is 49.0 Å². The Kier molecular flexibility index (Phi) is 6.02. The van der Waals surface area contributed by atoms with Crippen LogP contribution in [0.25, 0.3) is 55.8 Å². The van der Waals surface area contributed by atoms with Crippen molar-refractivity contribution < 1.29 is 43.2 Å². The minimum Gasteiger partial charge on any atom is -0.467 e. The quantitative estimate of drug-likeness (QED) is 0.166. The summed E-state index contributed by atoms with van der Waals surface area (Å²) in [7, 11) is 3.83. The maximum Gasteiger partial charge on any atom is 0.343 e. The van der Waals surface area contributed by atoms with Crippen LogP contribution in [0.2, 0.25) is 0 Å². The Labute approximate surface area is 266 Å². The van der Waals surface area contributed by atoms with Crippen molar-refractivity contribution in [3.63, 3.8) is 0 Å². The standard InChI is InChI=1S/C35H29N3O9/c1-34-35(43,33(42)46-4)15-24(47-34)37-22-9-5-17(7-11-25(39)44-2)13-19(22)28-29-21(16-36-32(29)41)27-20-14-18(8-12-26(40)45-3)6-10-23(20)38(34)31(27)30(28)37/h5-14,24,43H,15-16H2,1-4H3,(H,36,41)/b11-7+,12-8+. The summed E-state index contributed by atoms with van der Waals surface area (Å²) >= 11 is 0. The molecule has 2 N–H and O–H groups in total. The summed E-state index contributed by atoms with van der Waals surface area (Å²) in [4.78, 5) is 50.9. The number of esters is 3. The predicted octanol–water partition coefficient (Wildman–Crippen LogP) is 4.03. The topological polar surface area (TPSA) is 147 Å². The number of ether oxygens (including phenoxy) is 4. The third-order valence-corrected chi connectivity index (χ3v) is 9.82. The lowest BCUT2D eigenvalue weighted by Gasteiger charge is -2.37. The molecule has 1 saturated heterocycles. The molecule has 8 rings (SSSR count). The fourth-order valence-electron chi connectivity index (χ4n) is 7.70. The van der Waals surface area contributed by atoms with Crippen LogP contribution < -0.4 is 5.32 Å². The fourth-order valence-corrected chi connectivity index (χ4v) is 7.70. The maximum atomic E-state index is 13.7. The monoisotopic (exact) mass is 635 g/mol. The van der Waals surface area contributed by atoms with E-state index < -0.39 is 35.5 Å². The summed E-state index contributed by atoms with van der Waals surface area (Å²) in [5.41, 5.74) is 1.72. The number of benzene rings is 3. The molecule has 1 fully saturated rings. The van der Waals surface area contributed by atoms with Gasteiger partial charge in [-0.3, -0.25) is 4.79 Å². The number of hydrogen-bond acceptors (Lipinski definition) is 9. The molecule has 5 aromatic rings. The Hall–Kier alpha value is -5.46. The lowest BCUT2D eigenvalue weighted by Crippen LogP contribution is -2.56. The van der Waals surface area contributed by atoms with Crippen molar-refractivity contribution in [2.75, 3.05) is 21.3 Å². The number of nitrogens with zero attached hydrogens (tertiary/aromatic N) is 2. The molecule has 3 unspecified atom stereocenters. The molecule has 12 nitrogen and oxygen atoms in total. The number of amides is 1. The number of hydrogen-bond donors (Lipinski definition) is 2. The Bertz CT molecular complexity index is 2340. The summed E-state index contributed by atoms with van der Waals surface area (Å²) < 4.78 is 25.3. The number of aliphatic hydroxyl groups is 1. The highest BCUT2D eigenvalue weighted by molar-refractivity contribution is 6.31. The van der Waals surface area contributed by atoms with E-state index in [0.29, 0.717) is 44.1 Å². The lowest BCUT2D eigenvalue weighted by atomic mass is 9.88. The molecule has 0 radical (unpaired) electrons. The Morgan fingerprint density at radius 2 is 1.53 bits per heavy atom. The van der Waals surface area contributed by atoms with Crippen LogP contribution in [0.5, 0.6) is 0 Å². The molecular formula is C35H29N3O9. The number of nitrogens with one attached hydrogen (secondary N) is 1. The van der Waals surface area contributed by atoms with Gasteiger partial charge in [0, 0.05) is 46.7 Å². The zero-order valence-corrected chi connectivity index (χ0v) is 25.9. The first-order valence-electron chi connectivity index (χ1n) is 15.0. The van der Waals surface area contributed by atoms with Gasteiger partial charge in [0.1, 0.15) is 6.23 Å². The van der Waals surface area contributed by atoms with Crippen molar-refractivity contribution in [1.29, 1.82) is 0 Å². The van der Waals surface area contributed by atoms with Gasteiger partial charge in [-0.25, -0.2) is 14.4 Å². The second-order valence-corrected chi connectivity index (χ2v) is 12.1. The van der Waals surface area contributed by atoms with Crippen LogP contribution in [-0.2, 0) is 45.6 Å². The average molecular weight is 636 g/mol. The second-order valence-electron chi connectivity index (χ2n) is 12.1. The molecule has 0 saturated carbocycles. The molecule has 47 heavy (non-hydrogen) atoms. The molecule has 1 amide bonds. The third-order valence-electron chi connectivity index (χ3n) is 9.82. The van der Waals surface area contributed by atoms with Crippen molar-refractivity contribution >= 4 is 79.6 Å². The van der Waals surface area contributed by atoms with E-state index in [-0.39, 0.29) is 18.9 Å². The van der Waals surface area contributed by atoms with E-state index in [1.54, 1.807) is 19.1 Å². The van der Waals surface area contributed by atoms with E-state index in [9.17, 15) is 24.3 Å². The summed E-state index contributed by atoms with van der Waals surface area (Å²) in [6.07, 6.45) is 4.98. The van der Waals surface area contributed by atoms with E-state index in [2.05, 4.69) is 5.32 Å². The van der Waals surface area contributed by atoms with E-state index in [0.717, 1.165) is 21.7 Å². The first-order valence-corrected chi connectivity index (χ1v) is 15.0. The average Bonchev–Trinajstić information content (AvgIpc) is 3.77. The molecule has 2 aromatic heterocycles. The van der Waals surface area contributed by atoms with E-state index in [1.807, 2.05) is 45.5 Å². The van der Waals surface area contributed by atoms with Crippen LogP contribution >= 0.6 is 0 Å². The molecule has 12 heteroatoms. The van der Waals surface area contributed by atoms with Crippen molar-refractivity contribution in [2.24, 2.45) is 0 Å². The predicted molar refractivity (Wildman–Crippen MR) is 171 cm³/mol. The minimum atomic E-state index is -2.09. The Morgan fingerprint density at radius 3 is 2.15 bits per heavy atom.